The molecule has 0 aliphatic heterocycles. The summed E-state index contributed by atoms with van der Waals surface area (Å²) in [5, 5.41) is 0. The molecule has 20 heavy (non-hydrogen) atoms. The number of hydrogen-bond donors (Lipinski definition) is 1. The van der Waals surface area contributed by atoms with Crippen LogP contribution in [0.1, 0.15) is 19.4 Å². The fourth-order valence-corrected chi connectivity index (χ4v) is 2.41. The summed E-state index contributed by atoms with van der Waals surface area (Å²) in [6.07, 6.45) is 0.994. The minimum Gasteiger partial charge on any atom is -0.434 e. The quantitative estimate of drug-likeness (QED) is 0.720. The predicted octanol–water partition coefficient (Wildman–Crippen LogP) is 4.28. The Kier molecular flexibility index (Phi) is 3.18. The highest BCUT2D eigenvalue weighted by atomic mass is 16.3. The summed E-state index contributed by atoms with van der Waals surface area (Å²) in [5.41, 5.74) is 10.4. The molecule has 0 aliphatic carbocycles. The number of hydrogen-bond acceptors (Lipinski definition) is 3. The molecule has 0 fully saturated rings. The highest BCUT2D eigenvalue weighted by Gasteiger charge is 2.12. The Bertz CT molecular complexity index is 729. The number of nitrogens with two attached hydrogens (primary N) is 1. The predicted molar refractivity (Wildman–Crippen MR) is 82.4 cm³/mol. The first-order chi connectivity index (χ1) is 9.63. The molecule has 2 aromatic carbocycles. The summed E-state index contributed by atoms with van der Waals surface area (Å²) in [5.74, 6) is 1.21. The van der Waals surface area contributed by atoms with Gasteiger partial charge in [-0.05, 0) is 42.2 Å². The summed E-state index contributed by atoms with van der Waals surface area (Å²) in [4.78, 5) is 4.57. The van der Waals surface area contributed by atoms with Crippen molar-refractivity contribution >= 4 is 16.8 Å². The van der Waals surface area contributed by atoms with Gasteiger partial charge in [-0.1, -0.05) is 32.0 Å². The van der Waals surface area contributed by atoms with E-state index in [4.69, 9.17) is 10.2 Å². The van der Waals surface area contributed by atoms with Crippen LogP contribution in [-0.4, -0.2) is 4.98 Å². The van der Waals surface area contributed by atoms with E-state index < -0.39 is 0 Å². The van der Waals surface area contributed by atoms with Gasteiger partial charge in [0.25, 0.3) is 0 Å². The molecule has 0 saturated carbocycles. The molecule has 1 aromatic heterocycles. The number of rotatable bonds is 3. The molecule has 0 unspecified atom stereocenters. The second-order valence-electron chi connectivity index (χ2n) is 5.52. The van der Waals surface area contributed by atoms with Gasteiger partial charge in [0.05, 0.1) is 5.69 Å². The van der Waals surface area contributed by atoms with Crippen molar-refractivity contribution in [1.82, 2.24) is 4.98 Å². The maximum atomic E-state index is 6.09. The minimum absolute atomic E-state index is 0.590. The van der Waals surface area contributed by atoms with Crippen LogP contribution < -0.4 is 5.73 Å². The van der Waals surface area contributed by atoms with Gasteiger partial charge in [-0.2, -0.15) is 0 Å². The molecule has 0 saturated heterocycles. The van der Waals surface area contributed by atoms with Crippen LogP contribution in [0.4, 0.5) is 5.69 Å². The fourth-order valence-electron chi connectivity index (χ4n) is 2.41. The van der Waals surface area contributed by atoms with E-state index in [1.165, 1.54) is 5.56 Å². The topological polar surface area (TPSA) is 52.0 Å². The molecule has 0 radical (unpaired) electrons. The molecule has 3 nitrogen and oxygen atoms in total. The van der Waals surface area contributed by atoms with Crippen molar-refractivity contribution in [2.45, 2.75) is 20.3 Å². The van der Waals surface area contributed by atoms with Crippen molar-refractivity contribution in [3.8, 4) is 11.5 Å². The van der Waals surface area contributed by atoms with Gasteiger partial charge >= 0.3 is 0 Å². The average Bonchev–Trinajstić information content (AvgIpc) is 2.83. The lowest BCUT2D eigenvalue weighted by molar-refractivity contribution is 0.620. The molecule has 0 atom stereocenters. The van der Waals surface area contributed by atoms with Crippen LogP contribution in [0.2, 0.25) is 0 Å². The third-order valence-electron chi connectivity index (χ3n) is 3.24. The van der Waals surface area contributed by atoms with E-state index in [1.807, 2.05) is 36.4 Å². The molecule has 3 heteroatoms. The minimum atomic E-state index is 0.590. The molecular formula is C17H18N2O. The van der Waals surface area contributed by atoms with E-state index in [9.17, 15) is 0 Å². The molecule has 3 rings (SSSR count). The molecule has 0 aliphatic rings. The van der Waals surface area contributed by atoms with E-state index in [-0.39, 0.29) is 0 Å². The van der Waals surface area contributed by atoms with Gasteiger partial charge < -0.3 is 10.2 Å². The number of aromatic nitrogens is 1. The molecule has 3 aromatic rings. The number of fused-ring (bicyclic) bond motifs is 1. The average molecular weight is 266 g/mol. The van der Waals surface area contributed by atoms with Crippen LogP contribution in [0.3, 0.4) is 0 Å². The molecule has 102 valence electrons. The first-order valence-corrected chi connectivity index (χ1v) is 6.88. The first kappa shape index (κ1) is 12.7. The van der Waals surface area contributed by atoms with Crippen LogP contribution in [0.25, 0.3) is 22.6 Å². The van der Waals surface area contributed by atoms with Crippen LogP contribution >= 0.6 is 0 Å². The maximum absolute atomic E-state index is 6.09. The molecular weight excluding hydrogens is 248 g/mol. The zero-order chi connectivity index (χ0) is 14.1. The standard InChI is InChI=1S/C17H18N2O/c1-11(2)8-12-9-14(18)16-15(10-12)19-17(20-16)13-6-4-3-5-7-13/h3-7,9-11H,8,18H2,1-2H3. The van der Waals surface area contributed by atoms with Crippen LogP contribution in [0, 0.1) is 5.92 Å². The van der Waals surface area contributed by atoms with E-state index in [2.05, 4.69) is 24.9 Å². The van der Waals surface area contributed by atoms with Crippen molar-refractivity contribution in [3.05, 3.63) is 48.0 Å². The summed E-state index contributed by atoms with van der Waals surface area (Å²) >= 11 is 0. The number of nitrogen functional groups attached to an aromatic ring is 1. The van der Waals surface area contributed by atoms with Crippen LogP contribution in [0.15, 0.2) is 46.9 Å². The highest BCUT2D eigenvalue weighted by molar-refractivity contribution is 5.87. The second kappa shape index (κ2) is 5.00. The summed E-state index contributed by atoms with van der Waals surface area (Å²) in [6, 6.07) is 13.9. The number of benzene rings is 2. The number of oxazole rings is 1. The van der Waals surface area contributed by atoms with Gasteiger partial charge in [0.15, 0.2) is 5.58 Å². The van der Waals surface area contributed by atoms with E-state index >= 15 is 0 Å². The Morgan fingerprint density at radius 2 is 1.90 bits per heavy atom. The Hall–Kier alpha value is -2.29. The van der Waals surface area contributed by atoms with Gasteiger partial charge in [0.1, 0.15) is 5.52 Å². The van der Waals surface area contributed by atoms with Crippen LogP contribution in [0.5, 0.6) is 0 Å². The van der Waals surface area contributed by atoms with Gasteiger partial charge in [-0.3, -0.25) is 0 Å². The largest absolute Gasteiger partial charge is 0.434 e. The molecule has 2 N–H and O–H groups in total. The van der Waals surface area contributed by atoms with E-state index in [0.29, 0.717) is 23.1 Å². The maximum Gasteiger partial charge on any atom is 0.227 e. The lowest BCUT2D eigenvalue weighted by atomic mass is 10.0. The number of nitrogens with zero attached hydrogens (tertiary/aromatic N) is 1. The third kappa shape index (κ3) is 2.39. The highest BCUT2D eigenvalue weighted by Crippen LogP contribution is 2.29. The number of anilines is 1. The zero-order valence-corrected chi connectivity index (χ0v) is 11.8. The van der Waals surface area contributed by atoms with Crippen molar-refractivity contribution < 1.29 is 4.42 Å². The van der Waals surface area contributed by atoms with E-state index in [0.717, 1.165) is 17.5 Å². The zero-order valence-electron chi connectivity index (χ0n) is 11.8. The van der Waals surface area contributed by atoms with Gasteiger partial charge in [-0.15, -0.1) is 0 Å². The van der Waals surface area contributed by atoms with Gasteiger partial charge in [-0.25, -0.2) is 4.98 Å². The van der Waals surface area contributed by atoms with Gasteiger partial charge in [0, 0.05) is 5.56 Å². The Labute approximate surface area is 118 Å². The van der Waals surface area contributed by atoms with E-state index in [1.54, 1.807) is 0 Å². The Morgan fingerprint density at radius 1 is 1.15 bits per heavy atom. The molecule has 1 heterocycles. The van der Waals surface area contributed by atoms with Crippen molar-refractivity contribution in [2.24, 2.45) is 5.92 Å². The van der Waals surface area contributed by atoms with Crippen molar-refractivity contribution in [2.75, 3.05) is 5.73 Å². The molecule has 0 spiro atoms. The monoisotopic (exact) mass is 266 g/mol. The lowest BCUT2D eigenvalue weighted by Crippen LogP contribution is -1.96. The van der Waals surface area contributed by atoms with Crippen molar-refractivity contribution in [3.63, 3.8) is 0 Å². The van der Waals surface area contributed by atoms with Crippen molar-refractivity contribution in [1.29, 1.82) is 0 Å². The first-order valence-electron chi connectivity index (χ1n) is 6.88. The second-order valence-corrected chi connectivity index (χ2v) is 5.52. The lowest BCUT2D eigenvalue weighted by Gasteiger charge is -2.05. The third-order valence-corrected chi connectivity index (χ3v) is 3.24. The fraction of sp³-hybridized carbons (Fsp3) is 0.235. The Balaban J connectivity index is 2.09. The van der Waals surface area contributed by atoms with Gasteiger partial charge in [0.2, 0.25) is 5.89 Å². The molecule has 0 amide bonds. The summed E-state index contributed by atoms with van der Waals surface area (Å²) in [7, 11) is 0. The summed E-state index contributed by atoms with van der Waals surface area (Å²) < 4.78 is 5.81. The SMILES string of the molecule is CC(C)Cc1cc(N)c2oc(-c3ccccc3)nc2c1. The van der Waals surface area contributed by atoms with Crippen LogP contribution in [-0.2, 0) is 6.42 Å². The molecule has 0 bridgehead atoms. The normalized spacial score (nSPS) is 11.3. The smallest absolute Gasteiger partial charge is 0.227 e. The summed E-state index contributed by atoms with van der Waals surface area (Å²) in [6.45, 7) is 4.39. The Morgan fingerprint density at radius 3 is 2.60 bits per heavy atom.